The zero-order valence-electron chi connectivity index (χ0n) is 13.2. The Bertz CT molecular complexity index is 550. The lowest BCUT2D eigenvalue weighted by atomic mass is 9.95. The summed E-state index contributed by atoms with van der Waals surface area (Å²) in [6.45, 7) is 7.07. The Morgan fingerprint density at radius 3 is 2.35 bits per heavy atom. The lowest BCUT2D eigenvalue weighted by Gasteiger charge is -2.14. The molecule has 0 saturated heterocycles. The monoisotopic (exact) mass is 320 g/mol. The van der Waals surface area contributed by atoms with Crippen LogP contribution < -0.4 is 0 Å². The molecule has 1 saturated carbocycles. The summed E-state index contributed by atoms with van der Waals surface area (Å²) in [5, 5.41) is 0. The maximum Gasteiger partial charge on any atom is 0.330 e. The summed E-state index contributed by atoms with van der Waals surface area (Å²) in [5.41, 5.74) is -0.0878. The minimum absolute atomic E-state index is 0.0796. The number of rotatable bonds is 7. The van der Waals surface area contributed by atoms with E-state index in [0.717, 1.165) is 12.3 Å². The summed E-state index contributed by atoms with van der Waals surface area (Å²) < 4.78 is 9.71. The zero-order chi connectivity index (χ0) is 17.4. The second-order valence-corrected chi connectivity index (χ2v) is 5.36. The van der Waals surface area contributed by atoms with Gasteiger partial charge in [0.15, 0.2) is 11.6 Å². The molecule has 0 amide bonds. The Morgan fingerprint density at radius 2 is 1.83 bits per heavy atom. The predicted octanol–water partition coefficient (Wildman–Crippen LogP) is 1.90. The SMILES string of the molecule is C=CCOC(=O)/C=C/[C@H](C(=O)OC=C1C(=O)CCC1=O)C(C)C. The number of carbonyl (C=O) groups excluding carboxylic acids is 4. The minimum Gasteiger partial charge on any atom is -0.458 e. The Morgan fingerprint density at radius 1 is 1.22 bits per heavy atom. The van der Waals surface area contributed by atoms with Crippen molar-refractivity contribution in [3.63, 3.8) is 0 Å². The van der Waals surface area contributed by atoms with Gasteiger partial charge in [-0.15, -0.1) is 0 Å². The first-order valence-corrected chi connectivity index (χ1v) is 7.29. The van der Waals surface area contributed by atoms with Crippen LogP contribution in [0.2, 0.25) is 0 Å². The number of ketones is 2. The molecule has 6 heteroatoms. The van der Waals surface area contributed by atoms with E-state index in [1.807, 2.05) is 0 Å². The van der Waals surface area contributed by atoms with Gasteiger partial charge in [-0.2, -0.15) is 0 Å². The molecule has 1 atom stereocenters. The fourth-order valence-electron chi connectivity index (χ4n) is 1.92. The maximum absolute atomic E-state index is 12.1. The quantitative estimate of drug-likeness (QED) is 0.234. The van der Waals surface area contributed by atoms with Crippen LogP contribution in [0.3, 0.4) is 0 Å². The number of esters is 2. The van der Waals surface area contributed by atoms with Crippen LogP contribution in [0, 0.1) is 11.8 Å². The van der Waals surface area contributed by atoms with Gasteiger partial charge in [-0.3, -0.25) is 14.4 Å². The number of hydrogen-bond donors (Lipinski definition) is 0. The Labute approximate surface area is 134 Å². The van der Waals surface area contributed by atoms with Crippen LogP contribution in [0.25, 0.3) is 0 Å². The van der Waals surface area contributed by atoms with Crippen LogP contribution in [-0.4, -0.2) is 30.1 Å². The van der Waals surface area contributed by atoms with Gasteiger partial charge in [0.2, 0.25) is 0 Å². The van der Waals surface area contributed by atoms with E-state index in [2.05, 4.69) is 6.58 Å². The molecule has 0 aromatic rings. The van der Waals surface area contributed by atoms with Gasteiger partial charge in [0.25, 0.3) is 0 Å². The lowest BCUT2D eigenvalue weighted by Crippen LogP contribution is -2.20. The average molecular weight is 320 g/mol. The Hall–Kier alpha value is -2.50. The lowest BCUT2D eigenvalue weighted by molar-refractivity contribution is -0.142. The molecule has 0 radical (unpaired) electrons. The molecule has 0 aromatic heterocycles. The number of hydrogen-bond acceptors (Lipinski definition) is 6. The first kappa shape index (κ1) is 18.5. The Kier molecular flexibility index (Phi) is 7.12. The van der Waals surface area contributed by atoms with Gasteiger partial charge in [-0.25, -0.2) is 4.79 Å². The van der Waals surface area contributed by atoms with Crippen molar-refractivity contribution in [3.8, 4) is 0 Å². The van der Waals surface area contributed by atoms with Crippen molar-refractivity contribution >= 4 is 23.5 Å². The van der Waals surface area contributed by atoms with Crippen LogP contribution in [0.5, 0.6) is 0 Å². The highest BCUT2D eigenvalue weighted by atomic mass is 16.5. The van der Waals surface area contributed by atoms with Crippen LogP contribution in [0.4, 0.5) is 0 Å². The third-order valence-electron chi connectivity index (χ3n) is 3.25. The van der Waals surface area contributed by atoms with Gasteiger partial charge >= 0.3 is 11.9 Å². The van der Waals surface area contributed by atoms with Crippen molar-refractivity contribution in [2.75, 3.05) is 6.61 Å². The summed E-state index contributed by atoms with van der Waals surface area (Å²) in [6.07, 6.45) is 5.17. The topological polar surface area (TPSA) is 86.7 Å². The molecule has 1 fully saturated rings. The summed E-state index contributed by atoms with van der Waals surface area (Å²) >= 11 is 0. The van der Waals surface area contributed by atoms with Crippen molar-refractivity contribution in [2.24, 2.45) is 11.8 Å². The summed E-state index contributed by atoms with van der Waals surface area (Å²) in [7, 11) is 0. The van der Waals surface area contributed by atoms with Gasteiger partial charge in [0.05, 0.1) is 11.5 Å². The van der Waals surface area contributed by atoms with Crippen molar-refractivity contribution in [3.05, 3.63) is 36.6 Å². The average Bonchev–Trinajstić information content (AvgIpc) is 2.81. The highest BCUT2D eigenvalue weighted by Gasteiger charge is 2.28. The van der Waals surface area contributed by atoms with E-state index in [0.29, 0.717) is 0 Å². The number of Topliss-reactive ketones (excluding diaryl/α,β-unsaturated/α-hetero) is 2. The third-order valence-corrected chi connectivity index (χ3v) is 3.25. The minimum atomic E-state index is -0.699. The second-order valence-electron chi connectivity index (χ2n) is 5.36. The van der Waals surface area contributed by atoms with Gasteiger partial charge in [-0.1, -0.05) is 32.6 Å². The smallest absolute Gasteiger partial charge is 0.330 e. The normalized spacial score (nSPS) is 15.9. The number of ether oxygens (including phenoxy) is 2. The zero-order valence-corrected chi connectivity index (χ0v) is 13.2. The van der Waals surface area contributed by atoms with Crippen molar-refractivity contribution in [1.29, 1.82) is 0 Å². The molecule has 0 heterocycles. The van der Waals surface area contributed by atoms with Gasteiger partial charge in [-0.05, 0) is 5.92 Å². The standard InChI is InChI=1S/C17H20O6/c1-4-9-22-16(20)8-5-12(11(2)3)17(21)23-10-13-14(18)6-7-15(13)19/h4-5,8,10-12H,1,6-7,9H2,2-3H3/b8-5+/t12-/m0/s1. The molecule has 0 spiro atoms. The molecule has 6 nitrogen and oxygen atoms in total. The highest BCUT2D eigenvalue weighted by Crippen LogP contribution is 2.19. The van der Waals surface area contributed by atoms with Gasteiger partial charge in [0.1, 0.15) is 12.9 Å². The molecule has 1 aliphatic carbocycles. The number of allylic oxidation sites excluding steroid dienone is 1. The van der Waals surface area contributed by atoms with Crippen molar-refractivity contribution in [1.82, 2.24) is 0 Å². The van der Waals surface area contributed by atoms with E-state index in [9.17, 15) is 19.2 Å². The molecule has 0 unspecified atom stereocenters. The maximum atomic E-state index is 12.1. The number of carbonyl (C=O) groups is 4. The van der Waals surface area contributed by atoms with E-state index < -0.39 is 17.9 Å². The van der Waals surface area contributed by atoms with Crippen LogP contribution in [-0.2, 0) is 28.7 Å². The second kappa shape index (κ2) is 8.82. The van der Waals surface area contributed by atoms with E-state index in [-0.39, 0.29) is 42.5 Å². The molecule has 0 bridgehead atoms. The molecule has 23 heavy (non-hydrogen) atoms. The van der Waals surface area contributed by atoms with E-state index in [1.165, 1.54) is 12.2 Å². The van der Waals surface area contributed by atoms with Crippen molar-refractivity contribution in [2.45, 2.75) is 26.7 Å². The molecule has 124 valence electrons. The van der Waals surface area contributed by atoms with E-state index in [4.69, 9.17) is 9.47 Å². The highest BCUT2D eigenvalue weighted by molar-refractivity contribution is 6.25. The molecular formula is C17H20O6. The first-order valence-electron chi connectivity index (χ1n) is 7.29. The largest absolute Gasteiger partial charge is 0.458 e. The molecule has 0 N–H and O–H groups in total. The molecular weight excluding hydrogens is 300 g/mol. The van der Waals surface area contributed by atoms with Crippen molar-refractivity contribution < 1.29 is 28.7 Å². The molecule has 1 aliphatic rings. The molecule has 1 rings (SSSR count). The van der Waals surface area contributed by atoms with E-state index >= 15 is 0 Å². The Balaban J connectivity index is 2.72. The molecule has 0 aromatic carbocycles. The van der Waals surface area contributed by atoms with Crippen LogP contribution >= 0.6 is 0 Å². The third kappa shape index (κ3) is 5.65. The fourth-order valence-corrected chi connectivity index (χ4v) is 1.92. The summed E-state index contributed by atoms with van der Waals surface area (Å²) in [6, 6.07) is 0. The van der Waals surface area contributed by atoms with Crippen LogP contribution in [0.1, 0.15) is 26.7 Å². The summed E-state index contributed by atoms with van der Waals surface area (Å²) in [5.74, 6) is -2.73. The molecule has 0 aliphatic heterocycles. The first-order chi connectivity index (χ1) is 10.9. The van der Waals surface area contributed by atoms with Gasteiger partial charge < -0.3 is 9.47 Å². The summed E-state index contributed by atoms with van der Waals surface area (Å²) in [4.78, 5) is 46.4. The fraction of sp³-hybridized carbons (Fsp3) is 0.412. The van der Waals surface area contributed by atoms with E-state index in [1.54, 1.807) is 13.8 Å². The van der Waals surface area contributed by atoms with Gasteiger partial charge in [0, 0.05) is 18.9 Å². The predicted molar refractivity (Wildman–Crippen MR) is 82.0 cm³/mol. The van der Waals surface area contributed by atoms with Crippen LogP contribution in [0.15, 0.2) is 36.6 Å².